The molecular weight excluding hydrogens is 236 g/mol. The van der Waals surface area contributed by atoms with Gasteiger partial charge in [-0.15, -0.1) is 0 Å². The highest BCUT2D eigenvalue weighted by Crippen LogP contribution is 2.23. The van der Waals surface area contributed by atoms with E-state index in [2.05, 4.69) is 44.1 Å². The third-order valence-electron chi connectivity index (χ3n) is 3.20. The summed E-state index contributed by atoms with van der Waals surface area (Å²) < 4.78 is 5.95. The van der Waals surface area contributed by atoms with Crippen molar-refractivity contribution in [3.8, 4) is 0 Å². The molecule has 108 valence electrons. The quantitative estimate of drug-likeness (QED) is 0.739. The predicted octanol–water partition coefficient (Wildman–Crippen LogP) is 3.64. The van der Waals surface area contributed by atoms with Crippen molar-refractivity contribution in [2.45, 2.75) is 59.1 Å². The van der Waals surface area contributed by atoms with Gasteiger partial charge in [-0.3, -0.25) is 4.98 Å². The maximum absolute atomic E-state index is 5.95. The molecule has 19 heavy (non-hydrogen) atoms. The summed E-state index contributed by atoms with van der Waals surface area (Å²) in [6.45, 7) is 10.3. The monoisotopic (exact) mass is 264 g/mol. The normalized spacial score (nSPS) is 14.3. The average Bonchev–Trinajstić information content (AvgIpc) is 2.40. The minimum Gasteiger partial charge on any atom is -0.377 e. The number of aromatic nitrogens is 1. The number of nitrogens with zero attached hydrogens (tertiary/aromatic N) is 1. The SMILES string of the molecule is CCCNC(c1cncc(C)c1)C(CCC)OCC. The fourth-order valence-electron chi connectivity index (χ4n) is 2.36. The van der Waals surface area contributed by atoms with Crippen LogP contribution in [0, 0.1) is 6.92 Å². The minimum atomic E-state index is 0.227. The third kappa shape index (κ3) is 5.29. The van der Waals surface area contributed by atoms with E-state index in [0.29, 0.717) is 0 Å². The first-order valence-corrected chi connectivity index (χ1v) is 7.49. The number of rotatable bonds is 9. The molecule has 0 spiro atoms. The van der Waals surface area contributed by atoms with Crippen molar-refractivity contribution < 1.29 is 4.74 Å². The van der Waals surface area contributed by atoms with E-state index in [1.807, 2.05) is 12.4 Å². The molecule has 0 amide bonds. The molecule has 0 aliphatic rings. The largest absolute Gasteiger partial charge is 0.377 e. The lowest BCUT2D eigenvalue weighted by Gasteiger charge is -2.28. The lowest BCUT2D eigenvalue weighted by Crippen LogP contribution is -2.34. The van der Waals surface area contributed by atoms with E-state index in [1.165, 1.54) is 11.1 Å². The molecule has 0 saturated heterocycles. The van der Waals surface area contributed by atoms with Gasteiger partial charge in [0.05, 0.1) is 12.1 Å². The molecule has 0 aliphatic carbocycles. The Morgan fingerprint density at radius 3 is 2.58 bits per heavy atom. The molecule has 0 fully saturated rings. The molecule has 2 unspecified atom stereocenters. The van der Waals surface area contributed by atoms with Crippen molar-refractivity contribution in [3.05, 3.63) is 29.6 Å². The van der Waals surface area contributed by atoms with Gasteiger partial charge < -0.3 is 10.1 Å². The molecule has 1 aromatic rings. The first kappa shape index (κ1) is 16.1. The van der Waals surface area contributed by atoms with E-state index in [-0.39, 0.29) is 12.1 Å². The van der Waals surface area contributed by atoms with Crippen LogP contribution in [0.15, 0.2) is 18.5 Å². The summed E-state index contributed by atoms with van der Waals surface area (Å²) in [6, 6.07) is 2.45. The maximum atomic E-state index is 5.95. The average molecular weight is 264 g/mol. The van der Waals surface area contributed by atoms with Gasteiger partial charge in [0.15, 0.2) is 0 Å². The Morgan fingerprint density at radius 2 is 2.00 bits per heavy atom. The highest BCUT2D eigenvalue weighted by Gasteiger charge is 2.22. The zero-order valence-electron chi connectivity index (χ0n) is 12.8. The molecule has 1 rings (SSSR count). The molecule has 1 aromatic heterocycles. The summed E-state index contributed by atoms with van der Waals surface area (Å²) in [6.07, 6.45) is 7.42. The predicted molar refractivity (Wildman–Crippen MR) is 80.3 cm³/mol. The third-order valence-corrected chi connectivity index (χ3v) is 3.20. The van der Waals surface area contributed by atoms with Crippen LogP contribution in [-0.4, -0.2) is 24.2 Å². The summed E-state index contributed by atoms with van der Waals surface area (Å²) in [4.78, 5) is 4.32. The second-order valence-corrected chi connectivity index (χ2v) is 5.01. The summed E-state index contributed by atoms with van der Waals surface area (Å²) >= 11 is 0. The number of hydrogen-bond donors (Lipinski definition) is 1. The summed E-state index contributed by atoms with van der Waals surface area (Å²) in [5.41, 5.74) is 2.44. The molecular formula is C16H28N2O. The fourth-order valence-corrected chi connectivity index (χ4v) is 2.36. The van der Waals surface area contributed by atoms with E-state index in [0.717, 1.165) is 32.4 Å². The molecule has 3 nitrogen and oxygen atoms in total. The fraction of sp³-hybridized carbons (Fsp3) is 0.688. The van der Waals surface area contributed by atoms with Gasteiger partial charge in [-0.05, 0) is 44.4 Å². The van der Waals surface area contributed by atoms with Crippen molar-refractivity contribution in [3.63, 3.8) is 0 Å². The molecule has 0 radical (unpaired) electrons. The van der Waals surface area contributed by atoms with Crippen molar-refractivity contribution in [2.24, 2.45) is 0 Å². The van der Waals surface area contributed by atoms with Crippen molar-refractivity contribution in [1.82, 2.24) is 10.3 Å². The van der Waals surface area contributed by atoms with Crippen LogP contribution >= 0.6 is 0 Å². The second kappa shape index (κ2) is 9.05. The Kier molecular flexibility index (Phi) is 7.68. The van der Waals surface area contributed by atoms with Gasteiger partial charge >= 0.3 is 0 Å². The lowest BCUT2D eigenvalue weighted by atomic mass is 9.98. The number of nitrogens with one attached hydrogen (secondary N) is 1. The second-order valence-electron chi connectivity index (χ2n) is 5.01. The first-order valence-electron chi connectivity index (χ1n) is 7.49. The molecule has 2 atom stereocenters. The molecule has 3 heteroatoms. The molecule has 1 heterocycles. The smallest absolute Gasteiger partial charge is 0.0770 e. The van der Waals surface area contributed by atoms with Gasteiger partial charge in [0.2, 0.25) is 0 Å². The molecule has 0 saturated carbocycles. The Balaban J connectivity index is 2.90. The summed E-state index contributed by atoms with van der Waals surface area (Å²) in [5.74, 6) is 0. The number of pyridine rings is 1. The lowest BCUT2D eigenvalue weighted by molar-refractivity contribution is 0.0275. The maximum Gasteiger partial charge on any atom is 0.0770 e. The van der Waals surface area contributed by atoms with Gasteiger partial charge in [0.1, 0.15) is 0 Å². The Bertz CT molecular complexity index is 348. The summed E-state index contributed by atoms with van der Waals surface area (Å²) in [5, 5.41) is 3.62. The highest BCUT2D eigenvalue weighted by molar-refractivity contribution is 5.21. The van der Waals surface area contributed by atoms with Crippen LogP contribution in [0.2, 0.25) is 0 Å². The standard InChI is InChI=1S/C16H28N2O/c1-5-8-15(19-7-3)16(18-9-6-2)14-10-13(4)11-17-12-14/h10-12,15-16,18H,5-9H2,1-4H3. The Labute approximate surface area is 117 Å². The van der Waals surface area contributed by atoms with E-state index < -0.39 is 0 Å². The van der Waals surface area contributed by atoms with Gasteiger partial charge in [-0.1, -0.05) is 26.3 Å². The topological polar surface area (TPSA) is 34.2 Å². The Morgan fingerprint density at radius 1 is 1.21 bits per heavy atom. The van der Waals surface area contributed by atoms with Crippen LogP contribution in [0.4, 0.5) is 0 Å². The van der Waals surface area contributed by atoms with Crippen molar-refractivity contribution >= 4 is 0 Å². The van der Waals surface area contributed by atoms with Gasteiger partial charge in [0.25, 0.3) is 0 Å². The molecule has 0 bridgehead atoms. The van der Waals surface area contributed by atoms with E-state index >= 15 is 0 Å². The van der Waals surface area contributed by atoms with Crippen LogP contribution < -0.4 is 5.32 Å². The van der Waals surface area contributed by atoms with Crippen LogP contribution in [0.5, 0.6) is 0 Å². The van der Waals surface area contributed by atoms with E-state index in [9.17, 15) is 0 Å². The van der Waals surface area contributed by atoms with Crippen molar-refractivity contribution in [2.75, 3.05) is 13.2 Å². The van der Waals surface area contributed by atoms with Crippen LogP contribution in [0.25, 0.3) is 0 Å². The Hall–Kier alpha value is -0.930. The van der Waals surface area contributed by atoms with Crippen LogP contribution in [0.3, 0.4) is 0 Å². The molecule has 0 aromatic carbocycles. The van der Waals surface area contributed by atoms with E-state index in [1.54, 1.807) is 0 Å². The van der Waals surface area contributed by atoms with Crippen molar-refractivity contribution in [1.29, 1.82) is 0 Å². The zero-order valence-corrected chi connectivity index (χ0v) is 12.8. The van der Waals surface area contributed by atoms with Gasteiger partial charge in [0, 0.05) is 19.0 Å². The first-order chi connectivity index (χ1) is 9.22. The van der Waals surface area contributed by atoms with Gasteiger partial charge in [-0.25, -0.2) is 0 Å². The van der Waals surface area contributed by atoms with Crippen LogP contribution in [-0.2, 0) is 4.74 Å². The number of ether oxygens (including phenoxy) is 1. The van der Waals surface area contributed by atoms with Crippen LogP contribution in [0.1, 0.15) is 57.2 Å². The van der Waals surface area contributed by atoms with E-state index in [4.69, 9.17) is 4.74 Å². The minimum absolute atomic E-state index is 0.227. The number of hydrogen-bond acceptors (Lipinski definition) is 3. The summed E-state index contributed by atoms with van der Waals surface area (Å²) in [7, 11) is 0. The molecule has 0 aliphatic heterocycles. The van der Waals surface area contributed by atoms with Gasteiger partial charge in [-0.2, -0.15) is 0 Å². The molecule has 1 N–H and O–H groups in total. The number of aryl methyl sites for hydroxylation is 1. The highest BCUT2D eigenvalue weighted by atomic mass is 16.5. The zero-order chi connectivity index (χ0) is 14.1.